The highest BCUT2D eigenvalue weighted by Gasteiger charge is 2.02. The topological polar surface area (TPSA) is 9.23 Å². The summed E-state index contributed by atoms with van der Waals surface area (Å²) in [4.78, 5) is 0. The van der Waals surface area contributed by atoms with Crippen LogP contribution >= 0.6 is 0 Å². The van der Waals surface area contributed by atoms with E-state index in [9.17, 15) is 0 Å². The second-order valence-electron chi connectivity index (χ2n) is 3.08. The predicted octanol–water partition coefficient (Wildman–Crippen LogP) is 3.90. The lowest BCUT2D eigenvalue weighted by Crippen LogP contribution is -1.93. The molecule has 0 atom stereocenters. The van der Waals surface area contributed by atoms with Gasteiger partial charge in [-0.25, -0.2) is 0 Å². The van der Waals surface area contributed by atoms with Crippen molar-refractivity contribution < 1.29 is 4.74 Å². The summed E-state index contributed by atoms with van der Waals surface area (Å²) in [5.74, 6) is 0.968. The number of hydrogen-bond donors (Lipinski definition) is 0. The minimum Gasteiger partial charge on any atom is -0.497 e. The van der Waals surface area contributed by atoms with Gasteiger partial charge < -0.3 is 4.74 Å². The highest BCUT2D eigenvalue weighted by molar-refractivity contribution is 5.40. The summed E-state index contributed by atoms with van der Waals surface area (Å²) in [7, 11) is 1.71. The fourth-order valence-corrected chi connectivity index (χ4v) is 1.38. The fraction of sp³-hybridized carbons (Fsp3) is 0.538. The van der Waals surface area contributed by atoms with E-state index in [0.717, 1.165) is 12.2 Å². The first kappa shape index (κ1) is 13.0. The number of aryl methyl sites for hydroxylation is 2. The van der Waals surface area contributed by atoms with Crippen LogP contribution in [0.5, 0.6) is 5.75 Å². The Hall–Kier alpha value is -0.980. The lowest BCUT2D eigenvalue weighted by atomic mass is 10.0. The zero-order chi connectivity index (χ0) is 11.1. The Bertz CT molecular complexity index is 277. The second-order valence-corrected chi connectivity index (χ2v) is 3.08. The van der Waals surface area contributed by atoms with Crippen LogP contribution in [0, 0.1) is 13.8 Å². The molecule has 0 saturated carbocycles. The Morgan fingerprint density at radius 2 is 1.71 bits per heavy atom. The predicted molar refractivity (Wildman–Crippen MR) is 63.2 cm³/mol. The third kappa shape index (κ3) is 3.06. The first-order valence-corrected chi connectivity index (χ1v) is 5.33. The van der Waals surface area contributed by atoms with Crippen LogP contribution in [0.3, 0.4) is 0 Å². The molecular weight excluding hydrogens is 172 g/mol. The molecule has 1 rings (SSSR count). The Morgan fingerprint density at radius 1 is 1.14 bits per heavy atom. The lowest BCUT2D eigenvalue weighted by Gasteiger charge is -2.09. The highest BCUT2D eigenvalue weighted by Crippen LogP contribution is 2.21. The van der Waals surface area contributed by atoms with E-state index < -0.39 is 0 Å². The van der Waals surface area contributed by atoms with Gasteiger partial charge in [0.05, 0.1) is 7.11 Å². The van der Waals surface area contributed by atoms with Crippen molar-refractivity contribution in [3.05, 3.63) is 28.8 Å². The van der Waals surface area contributed by atoms with E-state index >= 15 is 0 Å². The maximum atomic E-state index is 5.19. The number of hydrogen-bond acceptors (Lipinski definition) is 1. The van der Waals surface area contributed by atoms with Crippen LogP contribution in [0.4, 0.5) is 0 Å². The molecule has 0 aromatic heterocycles. The van der Waals surface area contributed by atoms with Gasteiger partial charge in [-0.2, -0.15) is 0 Å². The maximum Gasteiger partial charge on any atom is 0.119 e. The molecule has 0 bridgehead atoms. The molecule has 0 aliphatic rings. The van der Waals surface area contributed by atoms with Crippen LogP contribution in [0.15, 0.2) is 12.1 Å². The van der Waals surface area contributed by atoms with E-state index in [2.05, 4.69) is 32.9 Å². The van der Waals surface area contributed by atoms with Gasteiger partial charge in [0.25, 0.3) is 0 Å². The van der Waals surface area contributed by atoms with Gasteiger partial charge in [0, 0.05) is 0 Å². The smallest absolute Gasteiger partial charge is 0.119 e. The molecule has 0 radical (unpaired) electrons. The van der Waals surface area contributed by atoms with Gasteiger partial charge >= 0.3 is 0 Å². The van der Waals surface area contributed by atoms with Crippen LogP contribution < -0.4 is 4.74 Å². The van der Waals surface area contributed by atoms with Crippen molar-refractivity contribution in [3.63, 3.8) is 0 Å². The van der Waals surface area contributed by atoms with Crippen LogP contribution in [-0.4, -0.2) is 7.11 Å². The number of benzene rings is 1. The van der Waals surface area contributed by atoms with E-state index in [0.29, 0.717) is 0 Å². The van der Waals surface area contributed by atoms with Gasteiger partial charge in [0.15, 0.2) is 0 Å². The standard InChI is InChI=1S/C11H16O.C2H6/c1-5-10-7-11(12-4)6-8(2)9(10)3;1-2/h6-7H,5H2,1-4H3;1-2H3. The molecule has 0 spiro atoms. The molecule has 0 fully saturated rings. The van der Waals surface area contributed by atoms with Crippen molar-refractivity contribution >= 4 is 0 Å². The number of ether oxygens (including phenoxy) is 1. The van der Waals surface area contributed by atoms with E-state index in [-0.39, 0.29) is 0 Å². The molecule has 14 heavy (non-hydrogen) atoms. The fourth-order valence-electron chi connectivity index (χ4n) is 1.38. The van der Waals surface area contributed by atoms with Crippen LogP contribution in [0.2, 0.25) is 0 Å². The molecule has 1 nitrogen and oxygen atoms in total. The molecule has 1 aromatic carbocycles. The molecule has 0 N–H and O–H groups in total. The van der Waals surface area contributed by atoms with Gasteiger partial charge in [-0.05, 0) is 49.1 Å². The molecule has 80 valence electrons. The Kier molecular flexibility index (Phi) is 6.02. The first-order chi connectivity index (χ1) is 6.69. The van der Waals surface area contributed by atoms with Gasteiger partial charge in [-0.15, -0.1) is 0 Å². The van der Waals surface area contributed by atoms with E-state index in [1.54, 1.807) is 7.11 Å². The molecule has 0 aliphatic heterocycles. The lowest BCUT2D eigenvalue weighted by molar-refractivity contribution is 0.414. The van der Waals surface area contributed by atoms with Crippen molar-refractivity contribution in [2.75, 3.05) is 7.11 Å². The summed E-state index contributed by atoms with van der Waals surface area (Å²) in [6, 6.07) is 4.19. The first-order valence-electron chi connectivity index (χ1n) is 5.33. The quantitative estimate of drug-likeness (QED) is 0.693. The molecule has 0 amide bonds. The van der Waals surface area contributed by atoms with Gasteiger partial charge in [0.1, 0.15) is 5.75 Å². The molecule has 0 heterocycles. The largest absolute Gasteiger partial charge is 0.497 e. The SMILES string of the molecule is CC.CCc1cc(OC)cc(C)c1C. The number of methoxy groups -OCH3 is 1. The summed E-state index contributed by atoms with van der Waals surface area (Å²) >= 11 is 0. The summed E-state index contributed by atoms with van der Waals surface area (Å²) in [5.41, 5.74) is 4.08. The van der Waals surface area contributed by atoms with Crippen LogP contribution in [0.25, 0.3) is 0 Å². The van der Waals surface area contributed by atoms with Gasteiger partial charge in [0.2, 0.25) is 0 Å². The van der Waals surface area contributed by atoms with Crippen molar-refractivity contribution in [1.82, 2.24) is 0 Å². The molecule has 0 saturated heterocycles. The van der Waals surface area contributed by atoms with Gasteiger partial charge in [-0.1, -0.05) is 20.8 Å². The normalized spacial score (nSPS) is 9.00. The van der Waals surface area contributed by atoms with E-state index in [1.807, 2.05) is 13.8 Å². The minimum atomic E-state index is 0.968. The zero-order valence-electron chi connectivity index (χ0n) is 10.3. The third-order valence-electron chi connectivity index (χ3n) is 2.37. The monoisotopic (exact) mass is 194 g/mol. The van der Waals surface area contributed by atoms with E-state index in [1.165, 1.54) is 16.7 Å². The van der Waals surface area contributed by atoms with Crippen molar-refractivity contribution in [2.45, 2.75) is 41.0 Å². The maximum absolute atomic E-state index is 5.19. The Balaban J connectivity index is 0.000000791. The third-order valence-corrected chi connectivity index (χ3v) is 2.37. The molecular formula is C13H22O. The zero-order valence-corrected chi connectivity index (χ0v) is 10.3. The van der Waals surface area contributed by atoms with Gasteiger partial charge in [-0.3, -0.25) is 0 Å². The summed E-state index contributed by atoms with van der Waals surface area (Å²) < 4.78 is 5.19. The van der Waals surface area contributed by atoms with Crippen molar-refractivity contribution in [3.8, 4) is 5.75 Å². The van der Waals surface area contributed by atoms with Crippen molar-refractivity contribution in [2.24, 2.45) is 0 Å². The van der Waals surface area contributed by atoms with Crippen LogP contribution in [-0.2, 0) is 6.42 Å². The minimum absolute atomic E-state index is 0.968. The highest BCUT2D eigenvalue weighted by atomic mass is 16.5. The molecule has 1 heteroatoms. The summed E-state index contributed by atoms with van der Waals surface area (Å²) in [6.45, 7) is 10.5. The molecule has 0 unspecified atom stereocenters. The van der Waals surface area contributed by atoms with Crippen LogP contribution in [0.1, 0.15) is 37.5 Å². The Morgan fingerprint density at radius 3 is 2.14 bits per heavy atom. The summed E-state index contributed by atoms with van der Waals surface area (Å²) in [5, 5.41) is 0. The Labute approximate surface area is 88.1 Å². The molecule has 0 aliphatic carbocycles. The van der Waals surface area contributed by atoms with E-state index in [4.69, 9.17) is 4.74 Å². The summed E-state index contributed by atoms with van der Waals surface area (Å²) in [6.07, 6.45) is 1.07. The second kappa shape index (κ2) is 6.47. The average molecular weight is 194 g/mol. The number of rotatable bonds is 2. The molecule has 1 aromatic rings. The van der Waals surface area contributed by atoms with Crippen molar-refractivity contribution in [1.29, 1.82) is 0 Å². The average Bonchev–Trinajstić information content (AvgIpc) is 2.24.